The van der Waals surface area contributed by atoms with Crippen molar-refractivity contribution in [2.24, 2.45) is 11.8 Å². The second-order valence-corrected chi connectivity index (χ2v) is 3.98. The molecule has 4 nitrogen and oxygen atoms in total. The van der Waals surface area contributed by atoms with Crippen LogP contribution in [0.25, 0.3) is 0 Å². The second-order valence-electron chi connectivity index (χ2n) is 3.98. The zero-order chi connectivity index (χ0) is 9.84. The molecule has 1 fully saturated rings. The number of rotatable bonds is 2. The average molecular weight is 185 g/mol. The fraction of sp³-hybridized carbons (Fsp3) is 0.889. The van der Waals surface area contributed by atoms with Gasteiger partial charge in [0.25, 0.3) is 0 Å². The Balaban J connectivity index is 2.34. The van der Waals surface area contributed by atoms with Crippen LogP contribution in [-0.4, -0.2) is 30.9 Å². The number of carbonyl (C=O) groups is 1. The molecule has 0 atom stereocenters. The molecule has 4 heteroatoms. The van der Waals surface area contributed by atoms with Crippen molar-refractivity contribution < 1.29 is 4.79 Å². The monoisotopic (exact) mass is 185 g/mol. The molecule has 1 saturated carbocycles. The Morgan fingerprint density at radius 3 is 2.23 bits per heavy atom. The van der Waals surface area contributed by atoms with Crippen LogP contribution in [0.4, 0.5) is 0 Å². The first-order valence-corrected chi connectivity index (χ1v) is 4.82. The number of hydrogen-bond donors (Lipinski definition) is 2. The first kappa shape index (κ1) is 10.5. The van der Waals surface area contributed by atoms with Gasteiger partial charge in [-0.15, -0.1) is 0 Å². The smallest absolute Gasteiger partial charge is 0.236 e. The van der Waals surface area contributed by atoms with E-state index in [0.29, 0.717) is 6.04 Å². The summed E-state index contributed by atoms with van der Waals surface area (Å²) < 4.78 is 0. The van der Waals surface area contributed by atoms with Gasteiger partial charge >= 0.3 is 0 Å². The van der Waals surface area contributed by atoms with E-state index in [-0.39, 0.29) is 11.8 Å². The molecule has 0 bridgehead atoms. The maximum Gasteiger partial charge on any atom is 0.236 e. The van der Waals surface area contributed by atoms with Crippen molar-refractivity contribution in [3.63, 3.8) is 0 Å². The Hall–Kier alpha value is -0.610. The minimum atomic E-state index is -0.00259. The highest BCUT2D eigenvalue weighted by Crippen LogP contribution is 2.26. The summed E-state index contributed by atoms with van der Waals surface area (Å²) in [6.07, 6.45) is 4.13. The third kappa shape index (κ3) is 2.67. The van der Waals surface area contributed by atoms with Crippen LogP contribution in [0.5, 0.6) is 0 Å². The molecule has 0 aromatic heterocycles. The molecular weight excluding hydrogens is 166 g/mol. The molecule has 3 N–H and O–H groups in total. The Labute approximate surface area is 79.4 Å². The fourth-order valence-corrected chi connectivity index (χ4v) is 1.97. The van der Waals surface area contributed by atoms with Crippen molar-refractivity contribution >= 4 is 5.91 Å². The van der Waals surface area contributed by atoms with Gasteiger partial charge in [-0.25, -0.2) is 5.84 Å². The minimum absolute atomic E-state index is 0.00259. The summed E-state index contributed by atoms with van der Waals surface area (Å²) in [6, 6.07) is 0.641. The number of nitrogens with one attached hydrogen (secondary N) is 1. The summed E-state index contributed by atoms with van der Waals surface area (Å²) in [4.78, 5) is 13.4. The Bertz CT molecular complexity index is 174. The van der Waals surface area contributed by atoms with E-state index in [1.807, 2.05) is 0 Å². The van der Waals surface area contributed by atoms with E-state index in [4.69, 9.17) is 5.84 Å². The van der Waals surface area contributed by atoms with Crippen molar-refractivity contribution in [2.45, 2.75) is 31.7 Å². The number of hydrogen-bond acceptors (Lipinski definition) is 3. The largest absolute Gasteiger partial charge is 0.306 e. The highest BCUT2D eigenvalue weighted by atomic mass is 16.2. The van der Waals surface area contributed by atoms with Gasteiger partial charge in [0.15, 0.2) is 0 Å². The highest BCUT2D eigenvalue weighted by Gasteiger charge is 2.26. The average Bonchev–Trinajstić information content (AvgIpc) is 2.17. The molecule has 1 aliphatic carbocycles. The van der Waals surface area contributed by atoms with Gasteiger partial charge in [0.1, 0.15) is 0 Å². The standard InChI is InChI=1S/C9H19N3O/c1-12(2)8-5-3-7(4-6-8)9(13)11-10/h7-8H,3-6,10H2,1-2H3,(H,11,13). The van der Waals surface area contributed by atoms with Crippen LogP contribution in [0.1, 0.15) is 25.7 Å². The highest BCUT2D eigenvalue weighted by molar-refractivity contribution is 5.77. The summed E-state index contributed by atoms with van der Waals surface area (Å²) in [5.41, 5.74) is 2.23. The van der Waals surface area contributed by atoms with E-state index in [1.54, 1.807) is 0 Å². The molecule has 0 aromatic carbocycles. The van der Waals surface area contributed by atoms with Gasteiger partial charge in [0.2, 0.25) is 5.91 Å². The molecule has 1 aliphatic rings. The lowest BCUT2D eigenvalue weighted by molar-refractivity contribution is -0.126. The van der Waals surface area contributed by atoms with E-state index in [1.165, 1.54) is 0 Å². The van der Waals surface area contributed by atoms with Crippen molar-refractivity contribution in [1.29, 1.82) is 0 Å². The zero-order valence-corrected chi connectivity index (χ0v) is 8.42. The van der Waals surface area contributed by atoms with E-state index in [9.17, 15) is 4.79 Å². The van der Waals surface area contributed by atoms with Gasteiger partial charge in [-0.3, -0.25) is 10.2 Å². The molecule has 0 aromatic rings. The molecule has 0 aliphatic heterocycles. The quantitative estimate of drug-likeness (QED) is 0.364. The van der Waals surface area contributed by atoms with Crippen molar-refractivity contribution in [3.05, 3.63) is 0 Å². The van der Waals surface area contributed by atoms with Crippen LogP contribution in [0.15, 0.2) is 0 Å². The molecule has 0 spiro atoms. The Morgan fingerprint density at radius 1 is 1.31 bits per heavy atom. The predicted octanol–water partition coefficient (Wildman–Crippen LogP) is 0.0967. The van der Waals surface area contributed by atoms with Crippen LogP contribution >= 0.6 is 0 Å². The van der Waals surface area contributed by atoms with Crippen LogP contribution in [0, 0.1) is 5.92 Å². The van der Waals surface area contributed by atoms with Gasteiger partial charge in [-0.05, 0) is 39.8 Å². The van der Waals surface area contributed by atoms with Crippen LogP contribution < -0.4 is 11.3 Å². The zero-order valence-electron chi connectivity index (χ0n) is 8.42. The molecule has 1 rings (SSSR count). The summed E-state index contributed by atoms with van der Waals surface area (Å²) >= 11 is 0. The van der Waals surface area contributed by atoms with Gasteiger partial charge in [-0.1, -0.05) is 0 Å². The van der Waals surface area contributed by atoms with Gasteiger partial charge in [-0.2, -0.15) is 0 Å². The summed E-state index contributed by atoms with van der Waals surface area (Å²) in [7, 11) is 4.18. The first-order valence-electron chi connectivity index (χ1n) is 4.82. The van der Waals surface area contributed by atoms with Crippen molar-refractivity contribution in [1.82, 2.24) is 10.3 Å². The maximum atomic E-state index is 11.2. The number of nitrogens with zero attached hydrogens (tertiary/aromatic N) is 1. The summed E-state index contributed by atoms with van der Waals surface area (Å²) in [6.45, 7) is 0. The molecule has 0 heterocycles. The minimum Gasteiger partial charge on any atom is -0.306 e. The molecule has 0 saturated heterocycles. The number of nitrogens with two attached hydrogens (primary N) is 1. The second kappa shape index (κ2) is 4.58. The topological polar surface area (TPSA) is 58.4 Å². The predicted molar refractivity (Wildman–Crippen MR) is 51.8 cm³/mol. The van der Waals surface area contributed by atoms with E-state index < -0.39 is 0 Å². The first-order chi connectivity index (χ1) is 6.15. The molecule has 0 radical (unpaired) electrons. The maximum absolute atomic E-state index is 11.2. The molecular formula is C9H19N3O. The fourth-order valence-electron chi connectivity index (χ4n) is 1.97. The van der Waals surface area contributed by atoms with E-state index in [2.05, 4.69) is 24.4 Å². The molecule has 1 amide bonds. The van der Waals surface area contributed by atoms with Crippen molar-refractivity contribution in [2.75, 3.05) is 14.1 Å². The van der Waals surface area contributed by atoms with Crippen molar-refractivity contribution in [3.8, 4) is 0 Å². The number of hydrazine groups is 1. The lowest BCUT2D eigenvalue weighted by Crippen LogP contribution is -2.40. The van der Waals surface area contributed by atoms with Gasteiger partial charge in [0.05, 0.1) is 0 Å². The SMILES string of the molecule is CN(C)C1CCC(C(=O)NN)CC1. The normalized spacial score (nSPS) is 28.9. The lowest BCUT2D eigenvalue weighted by atomic mass is 9.85. The Kier molecular flexibility index (Phi) is 3.69. The van der Waals surface area contributed by atoms with Gasteiger partial charge in [0, 0.05) is 12.0 Å². The molecule has 76 valence electrons. The van der Waals surface area contributed by atoms with Crippen LogP contribution in [0.2, 0.25) is 0 Å². The third-order valence-electron chi connectivity index (χ3n) is 2.94. The van der Waals surface area contributed by atoms with E-state index in [0.717, 1.165) is 25.7 Å². The van der Waals surface area contributed by atoms with Gasteiger partial charge < -0.3 is 4.90 Å². The lowest BCUT2D eigenvalue weighted by Gasteiger charge is -2.31. The number of carbonyl (C=O) groups excluding carboxylic acids is 1. The third-order valence-corrected chi connectivity index (χ3v) is 2.94. The summed E-state index contributed by atoms with van der Waals surface area (Å²) in [5, 5.41) is 0. The number of amides is 1. The summed E-state index contributed by atoms with van der Waals surface area (Å²) in [5.74, 6) is 5.22. The molecule has 13 heavy (non-hydrogen) atoms. The van der Waals surface area contributed by atoms with Crippen LogP contribution in [-0.2, 0) is 4.79 Å². The molecule has 0 unspecified atom stereocenters. The Morgan fingerprint density at radius 2 is 1.85 bits per heavy atom. The van der Waals surface area contributed by atoms with E-state index >= 15 is 0 Å². The van der Waals surface area contributed by atoms with Crippen LogP contribution in [0.3, 0.4) is 0 Å².